The number of hydrogen-bond donors (Lipinski definition) is 0. The quantitative estimate of drug-likeness (QED) is 0.500. The minimum Gasteiger partial charge on any atom is -0.263 e. The van der Waals surface area contributed by atoms with E-state index in [4.69, 9.17) is 0 Å². The van der Waals surface area contributed by atoms with E-state index in [0.717, 1.165) is 0 Å². The first-order valence-corrected chi connectivity index (χ1v) is 6.83. The van der Waals surface area contributed by atoms with E-state index in [2.05, 4.69) is 31.1 Å². The molecule has 2 aliphatic rings. The summed E-state index contributed by atoms with van der Waals surface area (Å²) in [6.07, 6.45) is 6.32. The van der Waals surface area contributed by atoms with Crippen molar-refractivity contribution in [2.24, 2.45) is 10.9 Å². The second-order valence-electron chi connectivity index (χ2n) is 3.65. The highest BCUT2D eigenvalue weighted by Crippen LogP contribution is 2.28. The summed E-state index contributed by atoms with van der Waals surface area (Å²) < 4.78 is 0. The molecule has 2 heteroatoms. The predicted octanol–water partition coefficient (Wildman–Crippen LogP) is 2.04. The van der Waals surface area contributed by atoms with Crippen molar-refractivity contribution in [1.82, 2.24) is 0 Å². The van der Waals surface area contributed by atoms with Crippen molar-refractivity contribution in [2.75, 3.05) is 0 Å². The highest BCUT2D eigenvalue weighted by atomic mass is 28.2. The third-order valence-corrected chi connectivity index (χ3v) is 4.24. The Bertz CT molecular complexity index is 341. The normalized spacial score (nSPS) is 25.6. The monoisotopic (exact) mass is 175 g/mol. The van der Waals surface area contributed by atoms with Gasteiger partial charge in [0.05, 0.1) is 0 Å². The predicted molar refractivity (Wildman–Crippen MR) is 56.3 cm³/mol. The molecule has 0 aromatic carbocycles. The van der Waals surface area contributed by atoms with Crippen molar-refractivity contribution in [1.29, 1.82) is 0 Å². The van der Waals surface area contributed by atoms with Crippen LogP contribution in [0.3, 0.4) is 0 Å². The van der Waals surface area contributed by atoms with Gasteiger partial charge in [0.2, 0.25) is 0 Å². The first-order chi connectivity index (χ1) is 5.70. The van der Waals surface area contributed by atoms with E-state index in [1.54, 1.807) is 5.17 Å². The molecule has 1 unspecified atom stereocenters. The second-order valence-corrected chi connectivity index (χ2v) is 6.18. The van der Waals surface area contributed by atoms with Crippen molar-refractivity contribution in [2.45, 2.75) is 20.0 Å². The summed E-state index contributed by atoms with van der Waals surface area (Å²) in [6.45, 7) is 6.99. The second kappa shape index (κ2) is 2.63. The Kier molecular flexibility index (Phi) is 1.72. The van der Waals surface area contributed by atoms with Crippen LogP contribution in [-0.2, 0) is 0 Å². The molecule has 0 spiro atoms. The van der Waals surface area contributed by atoms with Crippen molar-refractivity contribution in [3.05, 3.63) is 23.4 Å². The molecule has 1 aliphatic heterocycles. The highest BCUT2D eigenvalue weighted by molar-refractivity contribution is 6.73. The van der Waals surface area contributed by atoms with E-state index < -0.39 is 0 Å². The lowest BCUT2D eigenvalue weighted by molar-refractivity contribution is 1.04. The van der Waals surface area contributed by atoms with Crippen LogP contribution in [0.25, 0.3) is 0 Å². The van der Waals surface area contributed by atoms with Gasteiger partial charge in [-0.15, -0.1) is 0 Å². The molecule has 0 aromatic rings. The zero-order valence-electron chi connectivity index (χ0n) is 7.76. The fourth-order valence-electron chi connectivity index (χ4n) is 2.02. The van der Waals surface area contributed by atoms with Crippen LogP contribution in [0.1, 0.15) is 6.92 Å². The van der Waals surface area contributed by atoms with E-state index in [0.29, 0.717) is 5.92 Å². The molecule has 0 saturated heterocycles. The van der Waals surface area contributed by atoms with E-state index in [-0.39, 0.29) is 8.41 Å². The van der Waals surface area contributed by atoms with Gasteiger partial charge in [-0.3, -0.25) is 4.99 Å². The molecule has 0 amide bonds. The van der Waals surface area contributed by atoms with Gasteiger partial charge in [0.15, 0.2) is 0 Å². The molecule has 0 fully saturated rings. The van der Waals surface area contributed by atoms with Crippen LogP contribution in [0.5, 0.6) is 0 Å². The Balaban J connectivity index is 2.52. The van der Waals surface area contributed by atoms with Gasteiger partial charge in [0, 0.05) is 26.4 Å². The van der Waals surface area contributed by atoms with Crippen LogP contribution in [-0.4, -0.2) is 19.8 Å². The maximum Gasteiger partial charge on any atom is 0.0345 e. The lowest BCUT2D eigenvalue weighted by atomic mass is 10.1. The molecule has 0 radical (unpaired) electrons. The molecule has 2 rings (SSSR count). The Labute approximate surface area is 74.7 Å². The SMILES string of the molecule is CC1C=C2C=NC=C2C1=[Si](C)C. The maximum absolute atomic E-state index is 4.18. The minimum atomic E-state index is -0.297. The van der Waals surface area contributed by atoms with Crippen LogP contribution < -0.4 is 0 Å². The molecule has 62 valence electrons. The maximum atomic E-state index is 4.18. The summed E-state index contributed by atoms with van der Waals surface area (Å²) in [5.74, 6) is 0.655. The fraction of sp³-hybridized carbons (Fsp3) is 0.400. The van der Waals surface area contributed by atoms with E-state index >= 15 is 0 Å². The molecule has 0 saturated carbocycles. The van der Waals surface area contributed by atoms with Gasteiger partial charge < -0.3 is 0 Å². The molecule has 0 N–H and O–H groups in total. The summed E-state index contributed by atoms with van der Waals surface area (Å²) in [5.41, 5.74) is 2.77. The van der Waals surface area contributed by atoms with Crippen LogP contribution in [0.15, 0.2) is 28.4 Å². The lowest BCUT2D eigenvalue weighted by Gasteiger charge is -2.07. The van der Waals surface area contributed by atoms with Crippen molar-refractivity contribution in [3.8, 4) is 0 Å². The van der Waals surface area contributed by atoms with Gasteiger partial charge in [0.25, 0.3) is 0 Å². The number of hydrogen-bond acceptors (Lipinski definition) is 1. The number of nitrogens with zero attached hydrogens (tertiary/aromatic N) is 1. The number of rotatable bonds is 0. The zero-order valence-corrected chi connectivity index (χ0v) is 8.76. The Morgan fingerprint density at radius 3 is 2.83 bits per heavy atom. The minimum absolute atomic E-state index is 0.297. The van der Waals surface area contributed by atoms with Gasteiger partial charge >= 0.3 is 0 Å². The van der Waals surface area contributed by atoms with Crippen molar-refractivity contribution in [3.63, 3.8) is 0 Å². The molecule has 1 heterocycles. The average molecular weight is 175 g/mol. The molecule has 1 nitrogen and oxygen atoms in total. The topological polar surface area (TPSA) is 12.4 Å². The molecule has 1 atom stereocenters. The standard InChI is InChI=1S/C10H13NSi/c1-7-4-8-5-11-6-9(8)10(7)12(2)3/h4-7H,1-3H3. The Morgan fingerprint density at radius 1 is 1.42 bits per heavy atom. The van der Waals surface area contributed by atoms with Crippen LogP contribution in [0.4, 0.5) is 0 Å². The summed E-state index contributed by atoms with van der Waals surface area (Å²) in [7, 11) is -0.297. The van der Waals surface area contributed by atoms with Gasteiger partial charge in [-0.25, -0.2) is 0 Å². The van der Waals surface area contributed by atoms with E-state index in [1.807, 2.05) is 12.4 Å². The smallest absolute Gasteiger partial charge is 0.0345 e. The van der Waals surface area contributed by atoms with E-state index in [9.17, 15) is 0 Å². The number of allylic oxidation sites excluding steroid dienone is 3. The Morgan fingerprint density at radius 2 is 2.17 bits per heavy atom. The summed E-state index contributed by atoms with van der Waals surface area (Å²) in [4.78, 5) is 4.18. The fourth-order valence-corrected chi connectivity index (χ4v) is 3.76. The zero-order chi connectivity index (χ0) is 8.72. The van der Waals surface area contributed by atoms with Gasteiger partial charge in [-0.05, 0) is 11.5 Å². The molecular formula is C10H13NSi. The lowest BCUT2D eigenvalue weighted by Crippen LogP contribution is -2.15. The van der Waals surface area contributed by atoms with Gasteiger partial charge in [0.1, 0.15) is 0 Å². The summed E-state index contributed by atoms with van der Waals surface area (Å²) >= 11 is 0. The van der Waals surface area contributed by atoms with Crippen LogP contribution >= 0.6 is 0 Å². The first kappa shape index (κ1) is 7.86. The molecule has 12 heavy (non-hydrogen) atoms. The molecule has 0 aromatic heterocycles. The third kappa shape index (κ3) is 0.984. The number of fused-ring (bicyclic) bond motifs is 1. The molecular weight excluding hydrogens is 162 g/mol. The van der Waals surface area contributed by atoms with Crippen molar-refractivity contribution >= 4 is 19.8 Å². The third-order valence-electron chi connectivity index (χ3n) is 2.44. The Hall–Kier alpha value is -0.763. The van der Waals surface area contributed by atoms with Crippen LogP contribution in [0.2, 0.25) is 13.1 Å². The largest absolute Gasteiger partial charge is 0.263 e. The molecule has 1 aliphatic carbocycles. The molecule has 0 bridgehead atoms. The van der Waals surface area contributed by atoms with Crippen LogP contribution in [0, 0.1) is 5.92 Å². The van der Waals surface area contributed by atoms with Crippen molar-refractivity contribution < 1.29 is 0 Å². The van der Waals surface area contributed by atoms with Gasteiger partial charge in [-0.1, -0.05) is 31.3 Å². The average Bonchev–Trinajstić information content (AvgIpc) is 2.44. The first-order valence-electron chi connectivity index (χ1n) is 4.33. The van der Waals surface area contributed by atoms with E-state index in [1.165, 1.54) is 11.1 Å². The van der Waals surface area contributed by atoms with Gasteiger partial charge in [-0.2, -0.15) is 0 Å². The summed E-state index contributed by atoms with van der Waals surface area (Å²) in [5, 5.41) is 1.65. The summed E-state index contributed by atoms with van der Waals surface area (Å²) in [6, 6.07) is 0. The highest BCUT2D eigenvalue weighted by Gasteiger charge is 2.24. The number of aliphatic imine (C=N–C) groups is 1.